The molecule has 1 nitrogen and oxygen atoms in total. The van der Waals surface area contributed by atoms with Gasteiger partial charge in [0, 0.05) is 12.5 Å². The molecule has 0 aromatic rings. The Morgan fingerprint density at radius 2 is 2.33 bits per heavy atom. The molecule has 0 rings (SSSR count). The Morgan fingerprint density at radius 3 is 2.67 bits per heavy atom. The monoisotopic (exact) mass is 124 g/mol. The lowest BCUT2D eigenvalue weighted by molar-refractivity contribution is 0.516. The van der Waals surface area contributed by atoms with E-state index in [0.717, 1.165) is 19.3 Å². The van der Waals surface area contributed by atoms with E-state index in [1.165, 1.54) is 0 Å². The number of rotatable bonds is 4. The van der Waals surface area contributed by atoms with Crippen molar-refractivity contribution in [2.45, 2.75) is 32.2 Å². The molecule has 1 atom stereocenters. The molecule has 0 aromatic heterocycles. The van der Waals surface area contributed by atoms with Gasteiger partial charge in [0.15, 0.2) is 0 Å². The first kappa shape index (κ1) is 8.52. The van der Waals surface area contributed by atoms with Crippen LogP contribution in [0.2, 0.25) is 0 Å². The topological polar surface area (TPSA) is 12.0 Å². The Bertz CT molecular complexity index is 87.2. The molecule has 9 heavy (non-hydrogen) atoms. The Balaban J connectivity index is 3.22. The molecule has 1 radical (unpaired) electrons. The second-order valence-electron chi connectivity index (χ2n) is 2.11. The summed E-state index contributed by atoms with van der Waals surface area (Å²) in [7, 11) is 1.96. The van der Waals surface area contributed by atoms with Crippen molar-refractivity contribution < 1.29 is 0 Å². The highest BCUT2D eigenvalue weighted by atomic mass is 14.9. The highest BCUT2D eigenvalue weighted by Crippen LogP contribution is 1.98. The first-order valence-electron chi connectivity index (χ1n) is 3.42. The van der Waals surface area contributed by atoms with Crippen molar-refractivity contribution in [3.05, 3.63) is 6.42 Å². The van der Waals surface area contributed by atoms with Crippen LogP contribution in [0.25, 0.3) is 0 Å². The molecule has 0 aliphatic carbocycles. The number of nitrogens with one attached hydrogen (secondary N) is 1. The lowest BCUT2D eigenvalue weighted by Crippen LogP contribution is -2.23. The van der Waals surface area contributed by atoms with Gasteiger partial charge >= 0.3 is 0 Å². The minimum Gasteiger partial charge on any atom is -0.317 e. The zero-order valence-electron chi connectivity index (χ0n) is 6.20. The fourth-order valence-corrected chi connectivity index (χ4v) is 0.799. The van der Waals surface area contributed by atoms with E-state index in [0.29, 0.717) is 6.04 Å². The Morgan fingerprint density at radius 1 is 1.67 bits per heavy atom. The van der Waals surface area contributed by atoms with Crippen molar-refractivity contribution in [2.75, 3.05) is 7.05 Å². The van der Waals surface area contributed by atoms with Crippen LogP contribution in [-0.2, 0) is 0 Å². The summed E-state index contributed by atoms with van der Waals surface area (Å²) in [5.41, 5.74) is 0. The number of hydrogen-bond donors (Lipinski definition) is 1. The van der Waals surface area contributed by atoms with Gasteiger partial charge in [0.2, 0.25) is 0 Å². The molecule has 1 unspecified atom stereocenters. The van der Waals surface area contributed by atoms with E-state index in [1.54, 1.807) is 0 Å². The first-order chi connectivity index (χ1) is 4.35. The Kier molecular flexibility index (Phi) is 5.35. The first-order valence-corrected chi connectivity index (χ1v) is 3.42. The molecule has 1 heteroatoms. The maximum absolute atomic E-state index is 6.67. The largest absolute Gasteiger partial charge is 0.317 e. The lowest BCUT2D eigenvalue weighted by atomic mass is 10.1. The van der Waals surface area contributed by atoms with Gasteiger partial charge in [-0.15, -0.1) is 0 Å². The second-order valence-corrected chi connectivity index (χ2v) is 2.11. The minimum atomic E-state index is 0.572. The van der Waals surface area contributed by atoms with E-state index in [9.17, 15) is 0 Å². The van der Waals surface area contributed by atoms with Crippen LogP contribution in [0, 0.1) is 12.3 Å². The van der Waals surface area contributed by atoms with Crippen LogP contribution in [-0.4, -0.2) is 13.1 Å². The zero-order chi connectivity index (χ0) is 7.11. The smallest absolute Gasteiger partial charge is 0.0114 e. The van der Waals surface area contributed by atoms with Gasteiger partial charge in [-0.1, -0.05) is 12.8 Å². The van der Waals surface area contributed by atoms with Crippen molar-refractivity contribution in [2.24, 2.45) is 0 Å². The SMILES string of the molecule is [C]#CCCC(CC)NC. The van der Waals surface area contributed by atoms with Crippen LogP contribution in [0.3, 0.4) is 0 Å². The molecule has 0 saturated heterocycles. The molecule has 0 aliphatic rings. The third-order valence-electron chi connectivity index (χ3n) is 1.52. The quantitative estimate of drug-likeness (QED) is 0.558. The van der Waals surface area contributed by atoms with E-state index in [-0.39, 0.29) is 0 Å². The molecule has 0 heterocycles. The van der Waals surface area contributed by atoms with Gasteiger partial charge in [-0.2, -0.15) is 0 Å². The second kappa shape index (κ2) is 5.65. The summed E-state index contributed by atoms with van der Waals surface area (Å²) >= 11 is 0. The summed E-state index contributed by atoms with van der Waals surface area (Å²) in [6.07, 6.45) is 9.62. The van der Waals surface area contributed by atoms with Crippen molar-refractivity contribution in [3.8, 4) is 5.92 Å². The maximum atomic E-state index is 6.67. The molecule has 0 aromatic carbocycles. The van der Waals surface area contributed by atoms with Crippen LogP contribution in [0.4, 0.5) is 0 Å². The van der Waals surface area contributed by atoms with E-state index < -0.39 is 0 Å². The van der Waals surface area contributed by atoms with Gasteiger partial charge in [0.05, 0.1) is 0 Å². The van der Waals surface area contributed by atoms with Gasteiger partial charge in [-0.05, 0) is 26.3 Å². The van der Waals surface area contributed by atoms with E-state index in [4.69, 9.17) is 6.42 Å². The predicted molar refractivity (Wildman–Crippen MR) is 39.5 cm³/mol. The highest BCUT2D eigenvalue weighted by molar-refractivity contribution is 4.78. The van der Waals surface area contributed by atoms with Gasteiger partial charge < -0.3 is 5.32 Å². The van der Waals surface area contributed by atoms with Crippen molar-refractivity contribution in [1.29, 1.82) is 0 Å². The third kappa shape index (κ3) is 4.05. The van der Waals surface area contributed by atoms with Crippen LogP contribution in [0.5, 0.6) is 0 Å². The van der Waals surface area contributed by atoms with Gasteiger partial charge in [0.25, 0.3) is 0 Å². The summed E-state index contributed by atoms with van der Waals surface area (Å²) in [4.78, 5) is 0. The highest BCUT2D eigenvalue weighted by Gasteiger charge is 1.98. The molecule has 0 aliphatic heterocycles. The Hall–Kier alpha value is -0.480. The van der Waals surface area contributed by atoms with E-state index >= 15 is 0 Å². The average molecular weight is 124 g/mol. The van der Waals surface area contributed by atoms with Gasteiger partial charge in [0.1, 0.15) is 0 Å². The van der Waals surface area contributed by atoms with Crippen molar-refractivity contribution in [1.82, 2.24) is 5.32 Å². The van der Waals surface area contributed by atoms with Crippen LogP contribution < -0.4 is 5.32 Å². The summed E-state index contributed by atoms with van der Waals surface area (Å²) in [5, 5.41) is 3.16. The summed E-state index contributed by atoms with van der Waals surface area (Å²) in [6, 6.07) is 0.572. The summed E-state index contributed by atoms with van der Waals surface area (Å²) in [6.45, 7) is 2.14. The minimum absolute atomic E-state index is 0.572. The molecule has 1 N–H and O–H groups in total. The average Bonchev–Trinajstić information content (AvgIpc) is 1.91. The fourth-order valence-electron chi connectivity index (χ4n) is 0.799. The molecular formula is C8H14N. The lowest BCUT2D eigenvalue weighted by Gasteiger charge is -2.10. The molecule has 0 fully saturated rings. The van der Waals surface area contributed by atoms with Crippen molar-refractivity contribution in [3.63, 3.8) is 0 Å². The molecule has 0 bridgehead atoms. The molecular weight excluding hydrogens is 110 g/mol. The van der Waals surface area contributed by atoms with Crippen LogP contribution >= 0.6 is 0 Å². The predicted octanol–water partition coefficient (Wildman–Crippen LogP) is 1.35. The zero-order valence-corrected chi connectivity index (χ0v) is 6.20. The van der Waals surface area contributed by atoms with Crippen molar-refractivity contribution >= 4 is 0 Å². The standard InChI is InChI=1S/C8H14N/c1-4-6-7-8(5-2)9-3/h8-9H,5-7H2,2-3H3. The third-order valence-corrected chi connectivity index (χ3v) is 1.52. The van der Waals surface area contributed by atoms with E-state index in [1.807, 2.05) is 7.05 Å². The summed E-state index contributed by atoms with van der Waals surface area (Å²) in [5.74, 6) is 2.38. The number of hydrogen-bond acceptors (Lipinski definition) is 1. The fraction of sp³-hybridized carbons (Fsp3) is 0.750. The summed E-state index contributed by atoms with van der Waals surface area (Å²) < 4.78 is 0. The molecule has 0 saturated carbocycles. The van der Waals surface area contributed by atoms with Crippen LogP contribution in [0.15, 0.2) is 0 Å². The molecule has 0 spiro atoms. The van der Waals surface area contributed by atoms with Gasteiger partial charge in [-0.25, -0.2) is 0 Å². The maximum Gasteiger partial charge on any atom is 0.0114 e. The Labute approximate surface area is 57.8 Å². The van der Waals surface area contributed by atoms with Gasteiger partial charge in [-0.3, -0.25) is 0 Å². The van der Waals surface area contributed by atoms with E-state index in [2.05, 4.69) is 18.2 Å². The molecule has 0 amide bonds. The normalized spacial score (nSPS) is 12.6. The van der Waals surface area contributed by atoms with Crippen LogP contribution in [0.1, 0.15) is 26.2 Å². The molecule has 51 valence electrons.